The Kier molecular flexibility index (Phi) is 11.0. The van der Waals surface area contributed by atoms with Crippen molar-refractivity contribution in [1.82, 2.24) is 5.32 Å². The number of benzene rings is 1. The Morgan fingerprint density at radius 3 is 2.68 bits per heavy atom. The molecule has 204 valence electrons. The fourth-order valence-corrected chi connectivity index (χ4v) is 5.63. The van der Waals surface area contributed by atoms with Crippen molar-refractivity contribution >= 4 is 33.5 Å². The summed E-state index contributed by atoms with van der Waals surface area (Å²) in [6.45, 7) is 8.95. The van der Waals surface area contributed by atoms with Crippen LogP contribution < -0.4 is 14.8 Å². The monoisotopic (exact) mass is 585 g/mol. The number of carbonyl (C=O) groups is 2. The maximum absolute atomic E-state index is 13.4. The number of halogens is 1. The van der Waals surface area contributed by atoms with Gasteiger partial charge in [0.25, 0.3) is 0 Å². The number of ether oxygens (including phenoxy) is 3. The van der Waals surface area contributed by atoms with Crippen LogP contribution in [0.5, 0.6) is 11.5 Å². The van der Waals surface area contributed by atoms with E-state index in [0.29, 0.717) is 53.6 Å². The summed E-state index contributed by atoms with van der Waals surface area (Å²) in [6.07, 6.45) is 6.37. The Bertz CT molecular complexity index is 1170. The van der Waals surface area contributed by atoms with Crippen LogP contribution in [-0.4, -0.2) is 44.0 Å². The van der Waals surface area contributed by atoms with Gasteiger partial charge >= 0.3 is 6.09 Å². The number of alkyl carbamates (subject to hydrolysis) is 1. The molecule has 1 aliphatic heterocycles. The number of hydrogen-bond donors (Lipinski definition) is 1. The SMILES string of the molecule is CCCC1CC(=O)C2=C(C1)N=C(C)C(C#N)C2c1cc(Br)c(OCC=CCNC(=O)OCC)c(OCC)c1. The van der Waals surface area contributed by atoms with Crippen LogP contribution in [0.3, 0.4) is 0 Å². The number of carbonyl (C=O) groups excluding carboxylic acids is 2. The van der Waals surface area contributed by atoms with E-state index in [-0.39, 0.29) is 12.4 Å². The molecule has 1 amide bonds. The Morgan fingerprint density at radius 2 is 2.00 bits per heavy atom. The summed E-state index contributed by atoms with van der Waals surface area (Å²) >= 11 is 3.63. The molecule has 1 heterocycles. The van der Waals surface area contributed by atoms with E-state index in [0.717, 1.165) is 36.2 Å². The molecule has 9 heteroatoms. The first-order chi connectivity index (χ1) is 18.3. The Balaban J connectivity index is 1.88. The van der Waals surface area contributed by atoms with E-state index in [1.165, 1.54) is 0 Å². The molecule has 8 nitrogen and oxygen atoms in total. The zero-order valence-corrected chi connectivity index (χ0v) is 24.1. The molecule has 3 rings (SSSR count). The molecule has 0 saturated carbocycles. The van der Waals surface area contributed by atoms with E-state index in [2.05, 4.69) is 34.2 Å². The minimum atomic E-state index is -0.539. The Labute approximate surface area is 233 Å². The third-order valence-corrected chi connectivity index (χ3v) is 7.22. The van der Waals surface area contributed by atoms with Crippen molar-refractivity contribution in [3.63, 3.8) is 0 Å². The van der Waals surface area contributed by atoms with Crippen molar-refractivity contribution in [2.45, 2.75) is 59.3 Å². The van der Waals surface area contributed by atoms with Gasteiger partial charge in [0.2, 0.25) is 0 Å². The molecule has 1 aromatic carbocycles. The fraction of sp³-hybridized carbons (Fsp3) is 0.517. The van der Waals surface area contributed by atoms with Gasteiger partial charge in [-0.15, -0.1) is 0 Å². The number of rotatable bonds is 11. The third kappa shape index (κ3) is 7.04. The Morgan fingerprint density at radius 1 is 1.21 bits per heavy atom. The minimum Gasteiger partial charge on any atom is -0.490 e. The average molecular weight is 587 g/mol. The van der Waals surface area contributed by atoms with Crippen LogP contribution in [0, 0.1) is 23.2 Å². The molecule has 0 aromatic heterocycles. The highest BCUT2D eigenvalue weighted by Crippen LogP contribution is 2.48. The van der Waals surface area contributed by atoms with E-state index >= 15 is 0 Å². The van der Waals surface area contributed by atoms with Gasteiger partial charge in [0.15, 0.2) is 17.3 Å². The number of nitrogens with zero attached hydrogens (tertiary/aromatic N) is 2. The number of Topliss-reactive ketones (excluding diaryl/α,β-unsaturated/α-hetero) is 1. The first-order valence-electron chi connectivity index (χ1n) is 13.2. The lowest BCUT2D eigenvalue weighted by atomic mass is 9.70. The summed E-state index contributed by atoms with van der Waals surface area (Å²) in [6, 6.07) is 6.18. The summed E-state index contributed by atoms with van der Waals surface area (Å²) < 4.78 is 17.4. The lowest BCUT2D eigenvalue weighted by Crippen LogP contribution is -2.32. The molecule has 0 spiro atoms. The molecule has 38 heavy (non-hydrogen) atoms. The number of allylic oxidation sites excluding steroid dienone is 2. The van der Waals surface area contributed by atoms with Crippen molar-refractivity contribution in [3.8, 4) is 17.6 Å². The molecule has 1 aliphatic carbocycles. The zero-order chi connectivity index (χ0) is 27.7. The van der Waals surface area contributed by atoms with Crippen LogP contribution in [0.25, 0.3) is 0 Å². The van der Waals surface area contributed by atoms with Gasteiger partial charge < -0.3 is 19.5 Å². The van der Waals surface area contributed by atoms with Crippen LogP contribution in [0.15, 0.2) is 45.0 Å². The molecule has 0 saturated heterocycles. The molecule has 2 aliphatic rings. The van der Waals surface area contributed by atoms with Crippen molar-refractivity contribution in [2.75, 3.05) is 26.4 Å². The smallest absolute Gasteiger partial charge is 0.407 e. The van der Waals surface area contributed by atoms with Crippen molar-refractivity contribution in [2.24, 2.45) is 16.8 Å². The van der Waals surface area contributed by atoms with Gasteiger partial charge in [0.1, 0.15) is 6.61 Å². The van der Waals surface area contributed by atoms with Gasteiger partial charge in [0, 0.05) is 35.9 Å². The van der Waals surface area contributed by atoms with Crippen LogP contribution in [-0.2, 0) is 9.53 Å². The fourth-order valence-electron chi connectivity index (χ4n) is 5.05. The second-order valence-electron chi connectivity index (χ2n) is 9.33. The lowest BCUT2D eigenvalue weighted by molar-refractivity contribution is -0.117. The highest BCUT2D eigenvalue weighted by atomic mass is 79.9. The van der Waals surface area contributed by atoms with Crippen LogP contribution in [0.1, 0.15) is 64.9 Å². The number of ketones is 1. The van der Waals surface area contributed by atoms with Gasteiger partial charge in [-0.25, -0.2) is 4.79 Å². The average Bonchev–Trinajstić information content (AvgIpc) is 2.86. The van der Waals surface area contributed by atoms with Gasteiger partial charge in [-0.1, -0.05) is 19.4 Å². The number of hydrogen-bond acceptors (Lipinski definition) is 7. The molecule has 0 radical (unpaired) electrons. The number of amides is 1. The van der Waals surface area contributed by atoms with Crippen LogP contribution >= 0.6 is 15.9 Å². The topological polar surface area (TPSA) is 110 Å². The van der Waals surface area contributed by atoms with Gasteiger partial charge in [-0.2, -0.15) is 5.26 Å². The van der Waals surface area contributed by atoms with Crippen LogP contribution in [0.2, 0.25) is 0 Å². The normalized spacial score (nSPS) is 21.0. The van der Waals surface area contributed by atoms with Crippen molar-refractivity contribution < 1.29 is 23.8 Å². The maximum Gasteiger partial charge on any atom is 0.407 e. The second kappa shape index (κ2) is 14.1. The molecule has 3 atom stereocenters. The first kappa shape index (κ1) is 29.4. The predicted molar refractivity (Wildman–Crippen MR) is 150 cm³/mol. The molecule has 0 fully saturated rings. The summed E-state index contributed by atoms with van der Waals surface area (Å²) in [5.41, 5.74) is 3.04. The molecule has 1 N–H and O–H groups in total. The van der Waals surface area contributed by atoms with E-state index in [9.17, 15) is 14.9 Å². The van der Waals surface area contributed by atoms with Crippen molar-refractivity contribution in [1.29, 1.82) is 5.26 Å². The van der Waals surface area contributed by atoms with E-state index < -0.39 is 17.9 Å². The third-order valence-electron chi connectivity index (χ3n) is 6.63. The number of nitriles is 1. The quantitative estimate of drug-likeness (QED) is 0.307. The molecule has 3 unspecified atom stereocenters. The molecular formula is C29H36BrN3O5. The summed E-state index contributed by atoms with van der Waals surface area (Å²) in [7, 11) is 0. The van der Waals surface area contributed by atoms with Gasteiger partial charge in [-0.3, -0.25) is 9.79 Å². The number of aliphatic imine (C=N–C) groups is 1. The zero-order valence-electron chi connectivity index (χ0n) is 22.5. The lowest BCUT2D eigenvalue weighted by Gasteiger charge is -2.35. The van der Waals surface area contributed by atoms with Gasteiger partial charge in [-0.05, 0) is 79.2 Å². The summed E-state index contributed by atoms with van der Waals surface area (Å²) in [4.78, 5) is 29.5. The van der Waals surface area contributed by atoms with E-state index in [4.69, 9.17) is 19.2 Å². The van der Waals surface area contributed by atoms with E-state index in [1.54, 1.807) is 19.1 Å². The molecular weight excluding hydrogens is 550 g/mol. The highest BCUT2D eigenvalue weighted by Gasteiger charge is 2.41. The predicted octanol–water partition coefficient (Wildman–Crippen LogP) is 6.26. The van der Waals surface area contributed by atoms with Gasteiger partial charge in [0.05, 0.1) is 29.7 Å². The minimum absolute atomic E-state index is 0.0853. The largest absolute Gasteiger partial charge is 0.490 e. The number of nitrogens with one attached hydrogen (secondary N) is 1. The summed E-state index contributed by atoms with van der Waals surface area (Å²) in [5, 5.41) is 12.7. The second-order valence-corrected chi connectivity index (χ2v) is 10.2. The Hall–Kier alpha value is -3.12. The van der Waals surface area contributed by atoms with Crippen LogP contribution in [0.4, 0.5) is 4.79 Å². The summed E-state index contributed by atoms with van der Waals surface area (Å²) in [5.74, 6) is 0.484. The maximum atomic E-state index is 13.4. The standard InChI is InChI=1S/C29H36BrN3O5/c1-5-10-19-13-23-27(24(34)14-19)26(21(17-31)18(4)33-23)20-15-22(30)28(25(16-20)36-6-2)38-12-9-8-11-32-29(35)37-7-3/h8-9,15-16,19,21,26H,5-7,10-14H2,1-4H3,(H,32,35). The first-order valence-corrected chi connectivity index (χ1v) is 14.0. The molecule has 0 bridgehead atoms. The molecule has 1 aromatic rings. The highest BCUT2D eigenvalue weighted by molar-refractivity contribution is 9.10. The van der Waals surface area contributed by atoms with E-state index in [1.807, 2.05) is 26.0 Å². The van der Waals surface area contributed by atoms with Crippen molar-refractivity contribution in [3.05, 3.63) is 45.6 Å².